The molecule has 2 bridgehead atoms. The molecule has 2 heterocycles. The molecule has 2 aliphatic rings. The van der Waals surface area contributed by atoms with Gasteiger partial charge in [0.05, 0.1) is 25.6 Å². The van der Waals surface area contributed by atoms with Gasteiger partial charge in [0.15, 0.2) is 0 Å². The zero-order chi connectivity index (χ0) is 12.1. The molecule has 100 valence electrons. The zero-order valence-electron chi connectivity index (χ0n) is 11.2. The molecule has 0 aliphatic carbocycles. The minimum atomic E-state index is -0.618. The van der Waals surface area contributed by atoms with E-state index in [1.54, 1.807) is 0 Å². The van der Waals surface area contributed by atoms with E-state index >= 15 is 0 Å². The lowest BCUT2D eigenvalue weighted by Gasteiger charge is -2.51. The first-order valence-corrected chi connectivity index (χ1v) is 6.64. The van der Waals surface area contributed by atoms with E-state index in [9.17, 15) is 5.11 Å². The van der Waals surface area contributed by atoms with Crippen LogP contribution >= 0.6 is 12.4 Å². The molecule has 3 atom stereocenters. The van der Waals surface area contributed by atoms with Crippen molar-refractivity contribution in [2.24, 2.45) is 0 Å². The molecule has 1 aromatic carbocycles. The van der Waals surface area contributed by atoms with Crippen molar-refractivity contribution in [3.05, 3.63) is 35.9 Å². The maximum absolute atomic E-state index is 11.1. The molecule has 0 radical (unpaired) electrons. The second-order valence-electron chi connectivity index (χ2n) is 6.17. The monoisotopic (exact) mass is 268 g/mol. The Balaban J connectivity index is 0.00000120. The number of halogens is 1. The Kier molecular flexibility index (Phi) is 3.25. The SMILES string of the molecule is CC1(O)C2(c3ccccc3)CCC[N+]1(C)CC2.Cl. The smallest absolute Gasteiger partial charge is 0.207 e. The Morgan fingerprint density at radius 1 is 1.11 bits per heavy atom. The number of piperidine rings is 1. The number of hydrogen-bond acceptors (Lipinski definition) is 1. The molecule has 2 saturated heterocycles. The summed E-state index contributed by atoms with van der Waals surface area (Å²) in [6.07, 6.45) is 3.46. The summed E-state index contributed by atoms with van der Waals surface area (Å²) in [7, 11) is 2.21. The summed E-state index contributed by atoms with van der Waals surface area (Å²) in [5.41, 5.74) is 0.681. The Hall–Kier alpha value is -0.570. The van der Waals surface area contributed by atoms with Gasteiger partial charge in [-0.2, -0.15) is 0 Å². The van der Waals surface area contributed by atoms with Crippen LogP contribution in [0.3, 0.4) is 0 Å². The van der Waals surface area contributed by atoms with Crippen molar-refractivity contribution in [1.82, 2.24) is 0 Å². The van der Waals surface area contributed by atoms with E-state index in [-0.39, 0.29) is 17.8 Å². The average Bonchev–Trinajstić information content (AvgIpc) is 2.47. The van der Waals surface area contributed by atoms with Crippen LogP contribution in [0.2, 0.25) is 0 Å². The Labute approximate surface area is 116 Å². The summed E-state index contributed by atoms with van der Waals surface area (Å²) in [5.74, 6) is 0. The van der Waals surface area contributed by atoms with E-state index in [1.807, 2.05) is 6.92 Å². The number of benzene rings is 1. The molecule has 3 unspecified atom stereocenters. The lowest BCUT2D eigenvalue weighted by Crippen LogP contribution is -2.66. The van der Waals surface area contributed by atoms with E-state index in [0.29, 0.717) is 0 Å². The number of quaternary nitrogens is 1. The first kappa shape index (κ1) is 13.9. The normalized spacial score (nSPS) is 42.4. The average molecular weight is 269 g/mol. The lowest BCUT2D eigenvalue weighted by atomic mass is 9.67. The number of likely N-dealkylation sites (N-methyl/N-ethyl adjacent to an activating group) is 1. The molecule has 0 aromatic heterocycles. The van der Waals surface area contributed by atoms with Crippen molar-refractivity contribution in [1.29, 1.82) is 0 Å². The molecule has 0 saturated carbocycles. The van der Waals surface area contributed by atoms with Gasteiger partial charge in [0, 0.05) is 13.3 Å². The molecule has 2 fully saturated rings. The van der Waals surface area contributed by atoms with Gasteiger partial charge in [-0.1, -0.05) is 30.3 Å². The fraction of sp³-hybridized carbons (Fsp3) is 0.600. The van der Waals surface area contributed by atoms with Crippen molar-refractivity contribution in [2.45, 2.75) is 37.3 Å². The second-order valence-corrected chi connectivity index (χ2v) is 6.17. The highest BCUT2D eigenvalue weighted by molar-refractivity contribution is 5.85. The molecular weight excluding hydrogens is 246 g/mol. The summed E-state index contributed by atoms with van der Waals surface area (Å²) < 4.78 is 0.821. The first-order chi connectivity index (χ1) is 8.02. The van der Waals surface area contributed by atoms with Crippen molar-refractivity contribution in [3.63, 3.8) is 0 Å². The van der Waals surface area contributed by atoms with Gasteiger partial charge in [0.2, 0.25) is 5.72 Å². The first-order valence-electron chi connectivity index (χ1n) is 6.64. The number of rotatable bonds is 1. The predicted molar refractivity (Wildman–Crippen MR) is 75.8 cm³/mol. The van der Waals surface area contributed by atoms with Crippen LogP contribution in [-0.2, 0) is 5.41 Å². The molecule has 3 heteroatoms. The Bertz CT molecular complexity index is 433. The van der Waals surface area contributed by atoms with E-state index in [4.69, 9.17) is 0 Å². The van der Waals surface area contributed by atoms with E-state index in [0.717, 1.165) is 30.4 Å². The van der Waals surface area contributed by atoms with Crippen molar-refractivity contribution in [3.8, 4) is 0 Å². The molecule has 2 aliphatic heterocycles. The van der Waals surface area contributed by atoms with Crippen molar-refractivity contribution in [2.75, 3.05) is 20.1 Å². The van der Waals surface area contributed by atoms with Crippen molar-refractivity contribution >= 4 is 12.4 Å². The predicted octanol–water partition coefficient (Wildman–Crippen LogP) is 2.70. The van der Waals surface area contributed by atoms with Crippen LogP contribution < -0.4 is 0 Å². The molecule has 3 rings (SSSR count). The third-order valence-electron chi connectivity index (χ3n) is 5.57. The molecule has 1 N–H and O–H groups in total. The van der Waals surface area contributed by atoms with Crippen LogP contribution in [0, 0.1) is 0 Å². The van der Waals surface area contributed by atoms with Crippen LogP contribution in [0.1, 0.15) is 31.7 Å². The molecule has 18 heavy (non-hydrogen) atoms. The van der Waals surface area contributed by atoms with Gasteiger partial charge in [-0.3, -0.25) is 4.48 Å². The zero-order valence-corrected chi connectivity index (χ0v) is 12.0. The fourth-order valence-electron chi connectivity index (χ4n) is 4.15. The molecule has 0 amide bonds. The molecule has 2 nitrogen and oxygen atoms in total. The minimum Gasteiger partial charge on any atom is -0.342 e. The molecular formula is C15H23ClNO+. The Morgan fingerprint density at radius 3 is 2.44 bits per heavy atom. The van der Waals surface area contributed by atoms with Gasteiger partial charge in [-0.25, -0.2) is 0 Å². The van der Waals surface area contributed by atoms with Gasteiger partial charge in [0.1, 0.15) is 0 Å². The largest absolute Gasteiger partial charge is 0.342 e. The van der Waals surface area contributed by atoms with E-state index < -0.39 is 5.72 Å². The van der Waals surface area contributed by atoms with Gasteiger partial charge < -0.3 is 5.11 Å². The maximum Gasteiger partial charge on any atom is 0.207 e. The van der Waals surface area contributed by atoms with Gasteiger partial charge in [-0.05, 0) is 18.4 Å². The Morgan fingerprint density at radius 2 is 1.78 bits per heavy atom. The van der Waals surface area contributed by atoms with Gasteiger partial charge in [0.25, 0.3) is 0 Å². The minimum absolute atomic E-state index is 0. The summed E-state index contributed by atoms with van der Waals surface area (Å²) in [6.45, 7) is 4.26. The van der Waals surface area contributed by atoms with Crippen LogP contribution in [0.4, 0.5) is 0 Å². The standard InChI is InChI=1S/C15H22NO.ClH/c1-14(17)15(13-7-4-3-5-8-13)9-6-11-16(14,2)12-10-15;/h3-5,7-8,17H,6,9-12H2,1-2H3;1H/q+1;. The quantitative estimate of drug-likeness (QED) is 0.777. The highest BCUT2D eigenvalue weighted by atomic mass is 35.5. The highest BCUT2D eigenvalue weighted by Crippen LogP contribution is 2.55. The summed E-state index contributed by atoms with van der Waals surface area (Å²) in [6, 6.07) is 10.6. The van der Waals surface area contributed by atoms with Crippen molar-refractivity contribution < 1.29 is 9.59 Å². The second kappa shape index (κ2) is 4.22. The topological polar surface area (TPSA) is 20.2 Å². The third kappa shape index (κ3) is 1.49. The lowest BCUT2D eigenvalue weighted by molar-refractivity contribution is -0.975. The van der Waals surface area contributed by atoms with Crippen LogP contribution in [0.25, 0.3) is 0 Å². The maximum atomic E-state index is 11.1. The summed E-state index contributed by atoms with van der Waals surface area (Å²) >= 11 is 0. The van der Waals surface area contributed by atoms with Crippen LogP contribution in [0.15, 0.2) is 30.3 Å². The van der Waals surface area contributed by atoms with E-state index in [1.165, 1.54) is 12.0 Å². The highest BCUT2D eigenvalue weighted by Gasteiger charge is 2.66. The summed E-state index contributed by atoms with van der Waals surface area (Å²) in [4.78, 5) is 0. The molecule has 1 aromatic rings. The number of hydrogen-bond donors (Lipinski definition) is 1. The number of fused-ring (bicyclic) bond motifs is 2. The van der Waals surface area contributed by atoms with Gasteiger partial charge in [-0.15, -0.1) is 12.4 Å². The van der Waals surface area contributed by atoms with Crippen LogP contribution in [0.5, 0.6) is 0 Å². The fourth-order valence-corrected chi connectivity index (χ4v) is 4.15. The van der Waals surface area contributed by atoms with E-state index in [2.05, 4.69) is 37.4 Å². The number of nitrogens with zero attached hydrogens (tertiary/aromatic N) is 1. The van der Waals surface area contributed by atoms with Gasteiger partial charge >= 0.3 is 0 Å². The van der Waals surface area contributed by atoms with Crippen LogP contribution in [-0.4, -0.2) is 35.5 Å². The third-order valence-corrected chi connectivity index (χ3v) is 5.57. The number of aliphatic hydroxyl groups is 1. The summed E-state index contributed by atoms with van der Waals surface area (Å²) in [5, 5.41) is 11.1. The molecule has 0 spiro atoms.